The second-order valence-electron chi connectivity index (χ2n) is 4.08. The summed E-state index contributed by atoms with van der Waals surface area (Å²) in [7, 11) is 0. The Bertz CT molecular complexity index is 435. The molecular formula is C12H13BrClNO2. The van der Waals surface area contributed by atoms with Crippen LogP contribution < -0.4 is 0 Å². The number of hydrogen-bond acceptors (Lipinski definition) is 2. The standard InChI is InChI=1S/C12H13BrClNO2/c13-5-6-15(8-1-2-8)12(17)10-7-9(16)3-4-11(10)14/h3-4,7-8,16H,1-2,5-6H2. The third kappa shape index (κ3) is 2.93. The molecule has 2 rings (SSSR count). The topological polar surface area (TPSA) is 40.5 Å². The van der Waals surface area contributed by atoms with Crippen LogP contribution in [0, 0.1) is 0 Å². The van der Waals surface area contributed by atoms with Gasteiger partial charge in [0.2, 0.25) is 0 Å². The number of aromatic hydroxyl groups is 1. The third-order valence-electron chi connectivity index (χ3n) is 2.75. The first kappa shape index (κ1) is 12.7. The zero-order valence-electron chi connectivity index (χ0n) is 9.20. The van der Waals surface area contributed by atoms with E-state index in [1.54, 1.807) is 6.07 Å². The molecule has 1 aliphatic carbocycles. The van der Waals surface area contributed by atoms with Gasteiger partial charge in [-0.3, -0.25) is 4.79 Å². The van der Waals surface area contributed by atoms with Crippen molar-refractivity contribution in [1.82, 2.24) is 4.90 Å². The van der Waals surface area contributed by atoms with Crippen LogP contribution in [0.3, 0.4) is 0 Å². The van der Waals surface area contributed by atoms with E-state index in [1.807, 2.05) is 4.90 Å². The van der Waals surface area contributed by atoms with E-state index in [-0.39, 0.29) is 11.7 Å². The van der Waals surface area contributed by atoms with Crippen LogP contribution in [-0.2, 0) is 0 Å². The molecule has 0 unspecified atom stereocenters. The molecule has 0 aromatic heterocycles. The first-order chi connectivity index (χ1) is 8.13. The fraction of sp³-hybridized carbons (Fsp3) is 0.417. The molecule has 1 saturated carbocycles. The average Bonchev–Trinajstić information content (AvgIpc) is 3.12. The number of hydrogen-bond donors (Lipinski definition) is 1. The Balaban J connectivity index is 2.24. The third-order valence-corrected chi connectivity index (χ3v) is 3.44. The van der Waals surface area contributed by atoms with E-state index >= 15 is 0 Å². The van der Waals surface area contributed by atoms with Gasteiger partial charge >= 0.3 is 0 Å². The maximum absolute atomic E-state index is 12.3. The van der Waals surface area contributed by atoms with Crippen molar-refractivity contribution in [2.24, 2.45) is 0 Å². The van der Waals surface area contributed by atoms with Crippen LogP contribution in [0.25, 0.3) is 0 Å². The van der Waals surface area contributed by atoms with Crippen LogP contribution in [0.15, 0.2) is 18.2 Å². The lowest BCUT2D eigenvalue weighted by Crippen LogP contribution is -2.34. The molecule has 92 valence electrons. The SMILES string of the molecule is O=C(c1cc(O)ccc1Cl)N(CCBr)C1CC1. The molecule has 1 aliphatic rings. The first-order valence-corrected chi connectivity index (χ1v) is 6.99. The lowest BCUT2D eigenvalue weighted by atomic mass is 10.2. The van der Waals surface area contributed by atoms with Crippen molar-refractivity contribution in [3.05, 3.63) is 28.8 Å². The molecule has 1 N–H and O–H groups in total. The van der Waals surface area contributed by atoms with Gasteiger partial charge in [0.05, 0.1) is 10.6 Å². The van der Waals surface area contributed by atoms with E-state index in [2.05, 4.69) is 15.9 Å². The summed E-state index contributed by atoms with van der Waals surface area (Å²) in [5.74, 6) is -0.0415. The molecule has 1 fully saturated rings. The lowest BCUT2D eigenvalue weighted by molar-refractivity contribution is 0.0754. The molecule has 1 aromatic rings. The Hall–Kier alpha value is -0.740. The van der Waals surface area contributed by atoms with Gasteiger partial charge in [-0.25, -0.2) is 0 Å². The van der Waals surface area contributed by atoms with Gasteiger partial charge in [-0.1, -0.05) is 27.5 Å². The predicted octanol–water partition coefficient (Wildman–Crippen LogP) is 3.05. The van der Waals surface area contributed by atoms with Crippen LogP contribution in [0.2, 0.25) is 5.02 Å². The molecule has 5 heteroatoms. The molecule has 1 aromatic carbocycles. The molecule has 0 radical (unpaired) electrons. The molecular weight excluding hydrogens is 305 g/mol. The van der Waals surface area contributed by atoms with Crippen LogP contribution in [-0.4, -0.2) is 33.8 Å². The molecule has 0 spiro atoms. The van der Waals surface area contributed by atoms with Crippen molar-refractivity contribution in [3.63, 3.8) is 0 Å². The highest BCUT2D eigenvalue weighted by molar-refractivity contribution is 9.09. The monoisotopic (exact) mass is 317 g/mol. The number of carbonyl (C=O) groups excluding carboxylic acids is 1. The smallest absolute Gasteiger partial charge is 0.255 e. The lowest BCUT2D eigenvalue weighted by Gasteiger charge is -2.22. The minimum absolute atomic E-state index is 0.0624. The zero-order valence-corrected chi connectivity index (χ0v) is 11.5. The second-order valence-corrected chi connectivity index (χ2v) is 5.28. The van der Waals surface area contributed by atoms with Crippen molar-refractivity contribution in [2.45, 2.75) is 18.9 Å². The Morgan fingerprint density at radius 3 is 2.82 bits per heavy atom. The highest BCUT2D eigenvalue weighted by Crippen LogP contribution is 2.30. The maximum Gasteiger partial charge on any atom is 0.255 e. The first-order valence-electron chi connectivity index (χ1n) is 5.49. The van der Waals surface area contributed by atoms with E-state index in [1.165, 1.54) is 12.1 Å². The Labute approximate surface area is 114 Å². The predicted molar refractivity (Wildman–Crippen MR) is 71.0 cm³/mol. The number of phenols is 1. The molecule has 0 atom stereocenters. The second kappa shape index (κ2) is 5.27. The molecule has 0 heterocycles. The minimum atomic E-state index is -0.104. The van der Waals surface area contributed by atoms with E-state index in [4.69, 9.17) is 11.6 Å². The zero-order chi connectivity index (χ0) is 12.4. The molecule has 0 bridgehead atoms. The van der Waals surface area contributed by atoms with Crippen LogP contribution >= 0.6 is 27.5 Å². The number of nitrogens with zero attached hydrogens (tertiary/aromatic N) is 1. The summed E-state index contributed by atoms with van der Waals surface area (Å²) < 4.78 is 0. The van der Waals surface area contributed by atoms with Crippen molar-refractivity contribution in [3.8, 4) is 5.75 Å². The quantitative estimate of drug-likeness (QED) is 0.867. The normalized spacial score (nSPS) is 14.7. The van der Waals surface area contributed by atoms with Crippen molar-refractivity contribution < 1.29 is 9.90 Å². The number of alkyl halides is 1. The summed E-state index contributed by atoms with van der Waals surface area (Å²) in [5, 5.41) is 10.5. The van der Waals surface area contributed by atoms with Gasteiger partial charge in [0, 0.05) is 17.9 Å². The number of halogens is 2. The highest BCUT2D eigenvalue weighted by atomic mass is 79.9. The number of amides is 1. The van der Waals surface area contributed by atoms with Crippen LogP contribution in [0.1, 0.15) is 23.2 Å². The van der Waals surface area contributed by atoms with E-state index in [0.29, 0.717) is 23.2 Å². The summed E-state index contributed by atoms with van der Waals surface area (Å²) >= 11 is 9.33. The van der Waals surface area contributed by atoms with Crippen molar-refractivity contribution in [1.29, 1.82) is 0 Å². The van der Waals surface area contributed by atoms with Gasteiger partial charge in [0.25, 0.3) is 5.91 Å². The molecule has 0 aliphatic heterocycles. The molecule has 3 nitrogen and oxygen atoms in total. The van der Waals surface area contributed by atoms with Gasteiger partial charge in [-0.15, -0.1) is 0 Å². The fourth-order valence-electron chi connectivity index (χ4n) is 1.76. The van der Waals surface area contributed by atoms with Gasteiger partial charge in [0.1, 0.15) is 5.75 Å². The van der Waals surface area contributed by atoms with E-state index in [0.717, 1.165) is 18.2 Å². The van der Waals surface area contributed by atoms with Crippen molar-refractivity contribution >= 4 is 33.4 Å². The van der Waals surface area contributed by atoms with Gasteiger partial charge in [-0.2, -0.15) is 0 Å². The summed E-state index contributed by atoms with van der Waals surface area (Å²) in [6.45, 7) is 0.662. The Morgan fingerprint density at radius 2 is 2.24 bits per heavy atom. The average molecular weight is 319 g/mol. The summed E-state index contributed by atoms with van der Waals surface area (Å²) in [5.41, 5.74) is 0.375. The largest absolute Gasteiger partial charge is 0.508 e. The summed E-state index contributed by atoms with van der Waals surface area (Å²) in [6, 6.07) is 4.78. The van der Waals surface area contributed by atoms with Gasteiger partial charge in [0.15, 0.2) is 0 Å². The summed E-state index contributed by atoms with van der Waals surface area (Å²) in [4.78, 5) is 14.1. The van der Waals surface area contributed by atoms with Crippen LogP contribution in [0.5, 0.6) is 5.75 Å². The maximum atomic E-state index is 12.3. The highest BCUT2D eigenvalue weighted by Gasteiger charge is 2.33. The van der Waals surface area contributed by atoms with Gasteiger partial charge in [-0.05, 0) is 31.0 Å². The molecule has 0 saturated heterocycles. The number of rotatable bonds is 4. The summed E-state index contributed by atoms with van der Waals surface area (Å²) in [6.07, 6.45) is 2.10. The number of benzene rings is 1. The molecule has 17 heavy (non-hydrogen) atoms. The minimum Gasteiger partial charge on any atom is -0.508 e. The van der Waals surface area contributed by atoms with E-state index in [9.17, 15) is 9.90 Å². The fourth-order valence-corrected chi connectivity index (χ4v) is 2.34. The number of phenolic OH excluding ortho intramolecular Hbond substituents is 1. The number of carbonyl (C=O) groups is 1. The van der Waals surface area contributed by atoms with Crippen molar-refractivity contribution in [2.75, 3.05) is 11.9 Å². The Kier molecular flexibility index (Phi) is 3.94. The van der Waals surface area contributed by atoms with Gasteiger partial charge < -0.3 is 10.0 Å². The molecule has 1 amide bonds. The van der Waals surface area contributed by atoms with Crippen LogP contribution in [0.4, 0.5) is 0 Å². The van der Waals surface area contributed by atoms with E-state index < -0.39 is 0 Å². The Morgan fingerprint density at radius 1 is 1.53 bits per heavy atom.